The summed E-state index contributed by atoms with van der Waals surface area (Å²) in [6, 6.07) is 1.82. The second kappa shape index (κ2) is 4.50. The van der Waals surface area contributed by atoms with Crippen molar-refractivity contribution in [3.05, 3.63) is 17.8 Å². The van der Waals surface area contributed by atoms with Crippen molar-refractivity contribution < 1.29 is 26.7 Å². The third kappa shape index (κ3) is 3.45. The Morgan fingerprint density at radius 3 is 2.47 bits per heavy atom. The van der Waals surface area contributed by atoms with E-state index in [0.29, 0.717) is 6.07 Å². The van der Waals surface area contributed by atoms with Crippen molar-refractivity contribution in [3.63, 3.8) is 0 Å². The van der Waals surface area contributed by atoms with Crippen LogP contribution in [0.25, 0.3) is 0 Å². The number of hydrogen-bond acceptors (Lipinski definition) is 3. The molecule has 1 aliphatic rings. The van der Waals surface area contributed by atoms with E-state index in [1.165, 1.54) is 0 Å². The van der Waals surface area contributed by atoms with Gasteiger partial charge in [-0.3, -0.25) is 0 Å². The zero-order chi connectivity index (χ0) is 14.3. The van der Waals surface area contributed by atoms with Crippen molar-refractivity contribution in [3.8, 4) is 5.88 Å². The topological polar surface area (TPSA) is 48.1 Å². The molecule has 0 saturated heterocycles. The van der Waals surface area contributed by atoms with Crippen molar-refractivity contribution in [2.24, 2.45) is 5.92 Å². The van der Waals surface area contributed by atoms with Gasteiger partial charge in [-0.15, -0.1) is 0 Å². The lowest BCUT2D eigenvalue weighted by Crippen LogP contribution is -2.38. The largest absolute Gasteiger partial charge is 0.477 e. The number of aromatic nitrogens is 1. The molecule has 2 rings (SSSR count). The van der Waals surface area contributed by atoms with Gasteiger partial charge in [0.25, 0.3) is 0 Å². The number of anilines is 1. The van der Waals surface area contributed by atoms with E-state index < -0.39 is 17.8 Å². The van der Waals surface area contributed by atoms with Gasteiger partial charge in [0.1, 0.15) is 0 Å². The Kier molecular flexibility index (Phi) is 3.27. The van der Waals surface area contributed by atoms with Gasteiger partial charge in [-0.25, -0.2) is 13.8 Å². The Labute approximate surface area is 105 Å². The van der Waals surface area contributed by atoms with Crippen molar-refractivity contribution in [2.75, 3.05) is 12.3 Å². The third-order valence-corrected chi connectivity index (χ3v) is 2.76. The molecule has 8 heteroatoms. The zero-order valence-corrected chi connectivity index (χ0v) is 9.68. The van der Waals surface area contributed by atoms with Gasteiger partial charge in [-0.05, 0) is 6.07 Å². The van der Waals surface area contributed by atoms with Gasteiger partial charge < -0.3 is 10.5 Å². The summed E-state index contributed by atoms with van der Waals surface area (Å²) in [7, 11) is 0. The summed E-state index contributed by atoms with van der Waals surface area (Å²) < 4.78 is 67.5. The smallest absolute Gasteiger partial charge is 0.433 e. The number of pyridine rings is 1. The Bertz CT molecular complexity index is 467. The fourth-order valence-corrected chi connectivity index (χ4v) is 1.85. The lowest BCUT2D eigenvalue weighted by Gasteiger charge is -2.34. The standard InChI is InChI=1S/C11H11F5N2O/c12-10(13)3-6(4-10)5-19-9-2-7(17)1-8(18-9)11(14,15)16/h1-2,6H,3-5H2,(H2,17,18). The number of nitrogens with two attached hydrogens (primary N) is 1. The molecule has 2 N–H and O–H groups in total. The molecular weight excluding hydrogens is 271 g/mol. The molecule has 1 aromatic rings. The van der Waals surface area contributed by atoms with Gasteiger partial charge in [0, 0.05) is 30.5 Å². The minimum Gasteiger partial charge on any atom is -0.477 e. The average molecular weight is 282 g/mol. The third-order valence-electron chi connectivity index (χ3n) is 2.76. The molecule has 0 atom stereocenters. The van der Waals surface area contributed by atoms with E-state index in [2.05, 4.69) is 4.98 Å². The van der Waals surface area contributed by atoms with Crippen LogP contribution in [0.1, 0.15) is 18.5 Å². The first-order valence-electron chi connectivity index (χ1n) is 5.51. The van der Waals surface area contributed by atoms with Gasteiger partial charge in [0.05, 0.1) is 6.61 Å². The zero-order valence-electron chi connectivity index (χ0n) is 9.68. The second-order valence-corrected chi connectivity index (χ2v) is 4.56. The van der Waals surface area contributed by atoms with E-state index in [-0.39, 0.29) is 36.9 Å². The number of nitrogen functional groups attached to an aromatic ring is 1. The number of hydrogen-bond donors (Lipinski definition) is 1. The first-order valence-corrected chi connectivity index (χ1v) is 5.51. The van der Waals surface area contributed by atoms with Crippen LogP contribution in [0.2, 0.25) is 0 Å². The van der Waals surface area contributed by atoms with Crippen LogP contribution in [0, 0.1) is 5.92 Å². The van der Waals surface area contributed by atoms with E-state index in [0.717, 1.165) is 6.07 Å². The number of alkyl halides is 5. The van der Waals surface area contributed by atoms with Crippen LogP contribution in [0.4, 0.5) is 27.6 Å². The quantitative estimate of drug-likeness (QED) is 0.866. The summed E-state index contributed by atoms with van der Waals surface area (Å²) in [4.78, 5) is 3.26. The molecule has 1 aliphatic carbocycles. The van der Waals surface area contributed by atoms with Crippen LogP contribution < -0.4 is 10.5 Å². The first-order chi connectivity index (χ1) is 8.66. The van der Waals surface area contributed by atoms with Crippen molar-refractivity contribution >= 4 is 5.69 Å². The number of ether oxygens (including phenoxy) is 1. The van der Waals surface area contributed by atoms with Crippen LogP contribution >= 0.6 is 0 Å². The average Bonchev–Trinajstić information content (AvgIpc) is 2.21. The molecule has 1 saturated carbocycles. The van der Waals surface area contributed by atoms with Crippen LogP contribution in [0.3, 0.4) is 0 Å². The Morgan fingerprint density at radius 2 is 1.95 bits per heavy atom. The molecule has 0 aromatic carbocycles. The highest BCUT2D eigenvalue weighted by molar-refractivity contribution is 5.43. The molecule has 19 heavy (non-hydrogen) atoms. The van der Waals surface area contributed by atoms with Crippen LogP contribution in [0.5, 0.6) is 5.88 Å². The molecule has 1 heterocycles. The van der Waals surface area contributed by atoms with Crippen LogP contribution in [0.15, 0.2) is 12.1 Å². The normalized spacial score (nSPS) is 19.0. The van der Waals surface area contributed by atoms with E-state index in [9.17, 15) is 22.0 Å². The lowest BCUT2D eigenvalue weighted by molar-refractivity contribution is -0.141. The van der Waals surface area contributed by atoms with E-state index in [4.69, 9.17) is 10.5 Å². The fraction of sp³-hybridized carbons (Fsp3) is 0.545. The maximum Gasteiger partial charge on any atom is 0.433 e. The van der Waals surface area contributed by atoms with Crippen molar-refractivity contribution in [1.82, 2.24) is 4.98 Å². The summed E-state index contributed by atoms with van der Waals surface area (Å²) in [6.45, 7) is -0.0939. The number of halogens is 5. The molecule has 1 fully saturated rings. The summed E-state index contributed by atoms with van der Waals surface area (Å²) in [5, 5.41) is 0. The Morgan fingerprint density at radius 1 is 1.32 bits per heavy atom. The molecule has 3 nitrogen and oxygen atoms in total. The predicted molar refractivity (Wildman–Crippen MR) is 56.8 cm³/mol. The molecule has 0 spiro atoms. The van der Waals surface area contributed by atoms with E-state index >= 15 is 0 Å². The van der Waals surface area contributed by atoms with Gasteiger partial charge in [0.2, 0.25) is 11.8 Å². The Hall–Kier alpha value is -1.60. The summed E-state index contributed by atoms with van der Waals surface area (Å²) >= 11 is 0. The molecule has 0 bridgehead atoms. The highest BCUT2D eigenvalue weighted by Crippen LogP contribution is 2.42. The van der Waals surface area contributed by atoms with E-state index in [1.54, 1.807) is 0 Å². The van der Waals surface area contributed by atoms with Gasteiger partial charge in [-0.1, -0.05) is 0 Å². The molecule has 1 aromatic heterocycles. The monoisotopic (exact) mass is 282 g/mol. The molecule has 0 radical (unpaired) electrons. The minimum atomic E-state index is -4.63. The number of rotatable bonds is 3. The van der Waals surface area contributed by atoms with Gasteiger partial charge in [-0.2, -0.15) is 13.2 Å². The van der Waals surface area contributed by atoms with Crippen LogP contribution in [-0.2, 0) is 6.18 Å². The molecule has 0 amide bonds. The lowest BCUT2D eigenvalue weighted by atomic mass is 9.82. The number of nitrogens with zero attached hydrogens (tertiary/aromatic N) is 1. The summed E-state index contributed by atoms with van der Waals surface area (Å²) in [6.07, 6.45) is -5.26. The van der Waals surface area contributed by atoms with Crippen molar-refractivity contribution in [2.45, 2.75) is 24.9 Å². The fourth-order valence-electron chi connectivity index (χ4n) is 1.85. The maximum atomic E-state index is 12.6. The summed E-state index contributed by atoms with van der Waals surface area (Å²) in [5.41, 5.74) is 4.00. The maximum absolute atomic E-state index is 12.6. The van der Waals surface area contributed by atoms with Gasteiger partial charge >= 0.3 is 6.18 Å². The molecular formula is C11H11F5N2O. The summed E-state index contributed by atoms with van der Waals surface area (Å²) in [5.74, 6) is -3.36. The molecule has 106 valence electrons. The SMILES string of the molecule is Nc1cc(OCC2CC(F)(F)C2)nc(C(F)(F)F)c1. The highest BCUT2D eigenvalue weighted by atomic mass is 19.4. The first kappa shape index (κ1) is 13.8. The van der Waals surface area contributed by atoms with Crippen LogP contribution in [-0.4, -0.2) is 17.5 Å². The molecule has 0 aliphatic heterocycles. The van der Waals surface area contributed by atoms with E-state index in [1.807, 2.05) is 0 Å². The predicted octanol–water partition coefficient (Wildman–Crippen LogP) is 3.11. The van der Waals surface area contributed by atoms with Gasteiger partial charge in [0.15, 0.2) is 5.69 Å². The minimum absolute atomic E-state index is 0.0939. The van der Waals surface area contributed by atoms with Crippen molar-refractivity contribution in [1.29, 1.82) is 0 Å². The molecule has 0 unspecified atom stereocenters. The second-order valence-electron chi connectivity index (χ2n) is 4.56. The Balaban J connectivity index is 1.99. The highest BCUT2D eigenvalue weighted by Gasteiger charge is 2.45.